The molecule has 2 aliphatic heterocycles. The standard InChI is InChI=1S/C48H31BN2/c1-3-13-32(14-4-1)33-24-27-47-40(29-33)37-17-7-10-20-43(37)49-44-21-11-8-18-38(44)41-30-35(25-28-48(41)51(47)49)34-23-26-46-42(31-34)39-19-9-12-22-45(39)50(46)36-15-5-2-6-16-36/h1-31H. The Labute approximate surface area is 297 Å². The van der Waals surface area contributed by atoms with Gasteiger partial charge in [0.05, 0.1) is 11.0 Å². The molecule has 51 heavy (non-hydrogen) atoms. The summed E-state index contributed by atoms with van der Waals surface area (Å²) in [6, 6.07) is 69.2. The van der Waals surface area contributed by atoms with Crippen LogP contribution in [0, 0.1) is 0 Å². The van der Waals surface area contributed by atoms with E-state index in [2.05, 4.69) is 197 Å². The third kappa shape index (κ3) is 4.19. The number of benzene rings is 8. The molecule has 0 atom stereocenters. The van der Waals surface area contributed by atoms with Crippen LogP contribution in [0.4, 0.5) is 11.4 Å². The van der Waals surface area contributed by atoms with Gasteiger partial charge in [-0.25, -0.2) is 0 Å². The molecular formula is C48H31BN2. The van der Waals surface area contributed by atoms with Gasteiger partial charge in [0.1, 0.15) is 0 Å². The normalized spacial score (nSPS) is 12.6. The molecule has 0 bridgehead atoms. The molecule has 1 aromatic heterocycles. The first-order valence-electron chi connectivity index (χ1n) is 17.7. The lowest BCUT2D eigenvalue weighted by Crippen LogP contribution is -2.59. The molecule has 0 amide bonds. The zero-order valence-corrected chi connectivity index (χ0v) is 27.9. The lowest BCUT2D eigenvalue weighted by atomic mass is 9.43. The van der Waals surface area contributed by atoms with Crippen molar-refractivity contribution in [3.63, 3.8) is 0 Å². The SMILES string of the molecule is c1ccc(-c2ccc3c(c2)-c2ccccc2B2c4ccccc4-c4cc(-c5ccc6c(c5)c5ccccc5n6-c5ccccc5)ccc4N23)cc1. The van der Waals surface area contributed by atoms with Gasteiger partial charge in [0.25, 0.3) is 0 Å². The van der Waals surface area contributed by atoms with Gasteiger partial charge in [-0.05, 0) is 98.9 Å². The molecule has 3 heteroatoms. The molecule has 0 N–H and O–H groups in total. The van der Waals surface area contributed by atoms with Crippen molar-refractivity contribution in [2.24, 2.45) is 0 Å². The fraction of sp³-hybridized carbons (Fsp3) is 0. The first kappa shape index (κ1) is 28.3. The largest absolute Gasteiger partial charge is 0.376 e. The molecule has 0 radical (unpaired) electrons. The smallest absolute Gasteiger partial charge is 0.329 e. The van der Waals surface area contributed by atoms with Crippen molar-refractivity contribution >= 4 is 51.0 Å². The van der Waals surface area contributed by atoms with Crippen LogP contribution in [0.1, 0.15) is 0 Å². The fourth-order valence-electron chi connectivity index (χ4n) is 8.74. The summed E-state index contributed by atoms with van der Waals surface area (Å²) in [6.45, 7) is 0.0892. The van der Waals surface area contributed by atoms with Crippen LogP contribution >= 0.6 is 0 Å². The molecule has 0 fully saturated rings. The first-order chi connectivity index (χ1) is 25.3. The van der Waals surface area contributed by atoms with Crippen LogP contribution in [0.3, 0.4) is 0 Å². The van der Waals surface area contributed by atoms with Crippen LogP contribution in [0.5, 0.6) is 0 Å². The van der Waals surface area contributed by atoms with Gasteiger partial charge in [0, 0.05) is 39.0 Å². The maximum absolute atomic E-state index is 2.59. The summed E-state index contributed by atoms with van der Waals surface area (Å²) in [5, 5.41) is 2.53. The molecule has 236 valence electrons. The minimum atomic E-state index is 0.0892. The summed E-state index contributed by atoms with van der Waals surface area (Å²) in [7, 11) is 0. The van der Waals surface area contributed by atoms with Crippen LogP contribution < -0.4 is 15.7 Å². The van der Waals surface area contributed by atoms with E-state index in [4.69, 9.17) is 0 Å². The highest BCUT2D eigenvalue weighted by Crippen LogP contribution is 2.48. The zero-order chi connectivity index (χ0) is 33.5. The average Bonchev–Trinajstić information content (AvgIpc) is 3.54. The first-order valence-corrected chi connectivity index (χ1v) is 17.7. The fourth-order valence-corrected chi connectivity index (χ4v) is 8.74. The van der Waals surface area contributed by atoms with Crippen molar-refractivity contribution < 1.29 is 0 Å². The summed E-state index contributed by atoms with van der Waals surface area (Å²) < 4.78 is 2.38. The number of aromatic nitrogens is 1. The predicted molar refractivity (Wildman–Crippen MR) is 216 cm³/mol. The Morgan fingerprint density at radius 2 is 0.843 bits per heavy atom. The summed E-state index contributed by atoms with van der Waals surface area (Å²) >= 11 is 0. The number of anilines is 2. The maximum atomic E-state index is 2.59. The van der Waals surface area contributed by atoms with E-state index in [9.17, 15) is 0 Å². The van der Waals surface area contributed by atoms with Crippen molar-refractivity contribution in [1.29, 1.82) is 0 Å². The van der Waals surface area contributed by atoms with Gasteiger partial charge in [0.2, 0.25) is 0 Å². The summed E-state index contributed by atoms with van der Waals surface area (Å²) in [6.07, 6.45) is 0. The van der Waals surface area contributed by atoms with Gasteiger partial charge >= 0.3 is 6.85 Å². The van der Waals surface area contributed by atoms with Gasteiger partial charge in [-0.3, -0.25) is 0 Å². The van der Waals surface area contributed by atoms with Crippen molar-refractivity contribution in [3.05, 3.63) is 188 Å². The summed E-state index contributed by atoms with van der Waals surface area (Å²) in [5.41, 5.74) is 18.9. The van der Waals surface area contributed by atoms with E-state index in [1.54, 1.807) is 0 Å². The molecular weight excluding hydrogens is 615 g/mol. The molecule has 8 aromatic carbocycles. The molecule has 0 unspecified atom stereocenters. The van der Waals surface area contributed by atoms with Crippen molar-refractivity contribution in [2.45, 2.75) is 0 Å². The van der Waals surface area contributed by atoms with E-state index >= 15 is 0 Å². The zero-order valence-electron chi connectivity index (χ0n) is 27.9. The lowest BCUT2D eigenvalue weighted by Gasteiger charge is -2.43. The summed E-state index contributed by atoms with van der Waals surface area (Å²) in [5.74, 6) is 0. The molecule has 2 nitrogen and oxygen atoms in total. The average molecular weight is 647 g/mol. The van der Waals surface area contributed by atoms with E-state index in [0.29, 0.717) is 0 Å². The molecule has 11 rings (SSSR count). The monoisotopic (exact) mass is 646 g/mol. The van der Waals surface area contributed by atoms with Gasteiger partial charge in [0.15, 0.2) is 0 Å². The maximum Gasteiger partial charge on any atom is 0.329 e. The predicted octanol–water partition coefficient (Wildman–Crippen LogP) is 11.0. The number of hydrogen-bond acceptors (Lipinski definition) is 1. The van der Waals surface area contributed by atoms with Crippen LogP contribution in [0.15, 0.2) is 188 Å². The molecule has 0 aliphatic carbocycles. The second-order valence-electron chi connectivity index (χ2n) is 13.7. The van der Waals surface area contributed by atoms with E-state index in [1.807, 2.05) is 0 Å². The highest BCUT2D eigenvalue weighted by Gasteiger charge is 2.42. The van der Waals surface area contributed by atoms with Gasteiger partial charge < -0.3 is 9.38 Å². The second-order valence-corrected chi connectivity index (χ2v) is 13.7. The Bertz CT molecular complexity index is 2820. The van der Waals surface area contributed by atoms with E-state index in [1.165, 1.54) is 94.3 Å². The van der Waals surface area contributed by atoms with E-state index < -0.39 is 0 Å². The molecule has 3 heterocycles. The number of hydrogen-bond donors (Lipinski definition) is 0. The van der Waals surface area contributed by atoms with E-state index in [0.717, 1.165) is 0 Å². The highest BCUT2D eigenvalue weighted by atomic mass is 15.1. The van der Waals surface area contributed by atoms with Crippen molar-refractivity contribution in [2.75, 3.05) is 4.81 Å². The number of para-hydroxylation sites is 2. The molecule has 0 saturated heterocycles. The Morgan fingerprint density at radius 1 is 0.333 bits per heavy atom. The lowest BCUT2D eigenvalue weighted by molar-refractivity contribution is 1.18. The summed E-state index contributed by atoms with van der Waals surface area (Å²) in [4.78, 5) is 2.59. The number of rotatable bonds is 3. The van der Waals surface area contributed by atoms with Crippen LogP contribution in [-0.4, -0.2) is 11.4 Å². The Kier molecular flexibility index (Phi) is 6.08. The topological polar surface area (TPSA) is 8.17 Å². The second kappa shape index (κ2) is 11.0. The van der Waals surface area contributed by atoms with Crippen LogP contribution in [0.25, 0.3) is 72.0 Å². The van der Waals surface area contributed by atoms with Crippen molar-refractivity contribution in [3.8, 4) is 50.2 Å². The van der Waals surface area contributed by atoms with Crippen LogP contribution in [-0.2, 0) is 0 Å². The highest BCUT2D eigenvalue weighted by molar-refractivity contribution is 6.92. The quantitative estimate of drug-likeness (QED) is 0.174. The Hall–Kier alpha value is -6.58. The minimum absolute atomic E-state index is 0.0892. The minimum Gasteiger partial charge on any atom is -0.376 e. The van der Waals surface area contributed by atoms with Gasteiger partial charge in [-0.1, -0.05) is 133 Å². The molecule has 0 spiro atoms. The molecule has 9 aromatic rings. The Balaban J connectivity index is 1.10. The molecule has 2 aliphatic rings. The van der Waals surface area contributed by atoms with Crippen LogP contribution in [0.2, 0.25) is 0 Å². The van der Waals surface area contributed by atoms with Gasteiger partial charge in [-0.15, -0.1) is 0 Å². The Morgan fingerprint density at radius 3 is 1.53 bits per heavy atom. The third-order valence-electron chi connectivity index (χ3n) is 11.0. The third-order valence-corrected chi connectivity index (χ3v) is 11.0. The number of fused-ring (bicyclic) bond motifs is 14. The molecule has 0 saturated carbocycles. The number of nitrogens with zero attached hydrogens (tertiary/aromatic N) is 2. The van der Waals surface area contributed by atoms with E-state index in [-0.39, 0.29) is 6.85 Å². The van der Waals surface area contributed by atoms with Gasteiger partial charge in [-0.2, -0.15) is 0 Å². The van der Waals surface area contributed by atoms with Crippen molar-refractivity contribution in [1.82, 2.24) is 4.57 Å².